The smallest absolute Gasteiger partial charge is 0.337 e. The van der Waals surface area contributed by atoms with Gasteiger partial charge in [-0.25, -0.2) is 9.78 Å². The molecular formula is C12H15ClN2O3. The van der Waals surface area contributed by atoms with E-state index in [1.807, 2.05) is 0 Å². The standard InChI is InChI=1S/C12H15ClN2O3/c13-10-8(12(17)18)4-5-14-11(10)15-9-3-1-2-7(9)6-16/h4-5,7,9,16H,1-3,6H2,(H,14,15)(H,17,18). The van der Waals surface area contributed by atoms with Crippen LogP contribution in [0.2, 0.25) is 5.02 Å². The second-order valence-electron chi connectivity index (χ2n) is 4.45. The van der Waals surface area contributed by atoms with Crippen LogP contribution in [-0.4, -0.2) is 33.8 Å². The Kier molecular flexibility index (Phi) is 4.04. The lowest BCUT2D eigenvalue weighted by Crippen LogP contribution is -2.27. The van der Waals surface area contributed by atoms with Crippen LogP contribution in [0.5, 0.6) is 0 Å². The van der Waals surface area contributed by atoms with Gasteiger partial charge in [0.15, 0.2) is 0 Å². The van der Waals surface area contributed by atoms with E-state index < -0.39 is 5.97 Å². The third kappa shape index (κ3) is 2.57. The van der Waals surface area contributed by atoms with Crippen LogP contribution in [0.1, 0.15) is 29.6 Å². The lowest BCUT2D eigenvalue weighted by Gasteiger charge is -2.20. The van der Waals surface area contributed by atoms with Gasteiger partial charge >= 0.3 is 5.97 Å². The number of nitrogens with zero attached hydrogens (tertiary/aromatic N) is 1. The number of pyridine rings is 1. The largest absolute Gasteiger partial charge is 0.478 e. The predicted molar refractivity (Wildman–Crippen MR) is 68.0 cm³/mol. The van der Waals surface area contributed by atoms with Crippen molar-refractivity contribution in [1.29, 1.82) is 0 Å². The predicted octanol–water partition coefficient (Wildman–Crippen LogP) is 2.01. The third-order valence-electron chi connectivity index (χ3n) is 3.34. The van der Waals surface area contributed by atoms with Crippen molar-refractivity contribution in [2.45, 2.75) is 25.3 Å². The van der Waals surface area contributed by atoms with Crippen molar-refractivity contribution in [3.05, 3.63) is 22.8 Å². The van der Waals surface area contributed by atoms with Crippen LogP contribution in [0.3, 0.4) is 0 Å². The van der Waals surface area contributed by atoms with Gasteiger partial charge in [0.1, 0.15) is 5.82 Å². The molecule has 0 radical (unpaired) electrons. The van der Waals surface area contributed by atoms with Gasteiger partial charge in [-0.3, -0.25) is 0 Å². The molecule has 0 aromatic carbocycles. The van der Waals surface area contributed by atoms with Crippen LogP contribution in [0.4, 0.5) is 5.82 Å². The molecule has 3 N–H and O–H groups in total. The van der Waals surface area contributed by atoms with Crippen molar-refractivity contribution in [2.24, 2.45) is 5.92 Å². The fourth-order valence-corrected chi connectivity index (χ4v) is 2.58. The molecule has 2 unspecified atom stereocenters. The molecule has 1 saturated carbocycles. The number of carboxylic acid groups (broad SMARTS) is 1. The number of halogens is 1. The van der Waals surface area contributed by atoms with Crippen LogP contribution in [0.25, 0.3) is 0 Å². The second-order valence-corrected chi connectivity index (χ2v) is 4.83. The van der Waals surface area contributed by atoms with Crippen molar-refractivity contribution in [3.8, 4) is 0 Å². The minimum absolute atomic E-state index is 0.0349. The van der Waals surface area contributed by atoms with E-state index in [0.29, 0.717) is 5.82 Å². The molecule has 0 spiro atoms. The molecule has 2 rings (SSSR count). The molecule has 5 nitrogen and oxygen atoms in total. The topological polar surface area (TPSA) is 82.5 Å². The number of carboxylic acids is 1. The molecule has 1 aliphatic carbocycles. The van der Waals surface area contributed by atoms with Gasteiger partial charge in [0.25, 0.3) is 0 Å². The Morgan fingerprint density at radius 1 is 1.56 bits per heavy atom. The van der Waals surface area contributed by atoms with E-state index >= 15 is 0 Å². The molecule has 1 aromatic rings. The Morgan fingerprint density at radius 2 is 2.33 bits per heavy atom. The summed E-state index contributed by atoms with van der Waals surface area (Å²) in [6.07, 6.45) is 4.35. The van der Waals surface area contributed by atoms with E-state index in [2.05, 4.69) is 10.3 Å². The number of nitrogens with one attached hydrogen (secondary N) is 1. The van der Waals surface area contributed by atoms with Crippen molar-refractivity contribution >= 4 is 23.4 Å². The van der Waals surface area contributed by atoms with E-state index in [4.69, 9.17) is 16.7 Å². The highest BCUT2D eigenvalue weighted by Gasteiger charge is 2.27. The highest BCUT2D eigenvalue weighted by atomic mass is 35.5. The van der Waals surface area contributed by atoms with E-state index in [0.717, 1.165) is 19.3 Å². The van der Waals surface area contributed by atoms with Gasteiger partial charge in [-0.1, -0.05) is 18.0 Å². The summed E-state index contributed by atoms with van der Waals surface area (Å²) in [6, 6.07) is 1.47. The lowest BCUT2D eigenvalue weighted by molar-refractivity contribution is 0.0697. The van der Waals surface area contributed by atoms with Crippen LogP contribution < -0.4 is 5.32 Å². The van der Waals surface area contributed by atoms with Gasteiger partial charge in [0.05, 0.1) is 10.6 Å². The van der Waals surface area contributed by atoms with Crippen molar-refractivity contribution < 1.29 is 15.0 Å². The first-order chi connectivity index (χ1) is 8.63. The SMILES string of the molecule is O=C(O)c1ccnc(NC2CCCC2CO)c1Cl. The molecule has 1 aliphatic rings. The van der Waals surface area contributed by atoms with Gasteiger partial charge in [-0.15, -0.1) is 0 Å². The Morgan fingerprint density at radius 3 is 3.00 bits per heavy atom. The molecule has 1 fully saturated rings. The number of aliphatic hydroxyl groups is 1. The highest BCUT2D eigenvalue weighted by Crippen LogP contribution is 2.31. The summed E-state index contributed by atoms with van der Waals surface area (Å²) in [5.41, 5.74) is 0.0349. The lowest BCUT2D eigenvalue weighted by atomic mass is 10.1. The Hall–Kier alpha value is -1.33. The molecule has 6 heteroatoms. The maximum atomic E-state index is 11.0. The van der Waals surface area contributed by atoms with E-state index in [9.17, 15) is 9.90 Å². The number of aromatic nitrogens is 1. The van der Waals surface area contributed by atoms with Gasteiger partial charge in [-0.2, -0.15) is 0 Å². The first kappa shape index (κ1) is 13.1. The van der Waals surface area contributed by atoms with Gasteiger partial charge in [-0.05, 0) is 18.9 Å². The quantitative estimate of drug-likeness (QED) is 0.780. The molecule has 0 bridgehead atoms. The zero-order valence-electron chi connectivity index (χ0n) is 9.77. The molecule has 1 heterocycles. The number of rotatable bonds is 4. The molecule has 18 heavy (non-hydrogen) atoms. The number of hydrogen-bond donors (Lipinski definition) is 3. The molecule has 0 aliphatic heterocycles. The monoisotopic (exact) mass is 270 g/mol. The van der Waals surface area contributed by atoms with Crippen molar-refractivity contribution in [1.82, 2.24) is 4.98 Å². The van der Waals surface area contributed by atoms with Crippen LogP contribution in [-0.2, 0) is 0 Å². The number of aliphatic hydroxyl groups excluding tert-OH is 1. The fourth-order valence-electron chi connectivity index (χ4n) is 2.33. The highest BCUT2D eigenvalue weighted by molar-refractivity contribution is 6.35. The summed E-state index contributed by atoms with van der Waals surface area (Å²) in [6.45, 7) is 0.119. The number of hydrogen-bond acceptors (Lipinski definition) is 4. The molecule has 0 amide bonds. The fraction of sp³-hybridized carbons (Fsp3) is 0.500. The molecule has 1 aromatic heterocycles. The summed E-state index contributed by atoms with van der Waals surface area (Å²) < 4.78 is 0. The summed E-state index contributed by atoms with van der Waals surface area (Å²) >= 11 is 6.00. The van der Waals surface area contributed by atoms with Gasteiger partial charge < -0.3 is 15.5 Å². The van der Waals surface area contributed by atoms with E-state index in [1.165, 1.54) is 12.3 Å². The summed E-state index contributed by atoms with van der Waals surface area (Å²) in [4.78, 5) is 15.0. The maximum absolute atomic E-state index is 11.0. The van der Waals surface area contributed by atoms with E-state index in [-0.39, 0.29) is 29.2 Å². The zero-order valence-corrected chi connectivity index (χ0v) is 10.5. The molecular weight excluding hydrogens is 256 g/mol. The average molecular weight is 271 g/mol. The Bertz CT molecular complexity index is 453. The average Bonchev–Trinajstić information content (AvgIpc) is 2.78. The van der Waals surface area contributed by atoms with Crippen LogP contribution in [0, 0.1) is 5.92 Å². The first-order valence-electron chi connectivity index (χ1n) is 5.88. The van der Waals surface area contributed by atoms with Gasteiger partial charge in [0, 0.05) is 24.8 Å². The van der Waals surface area contributed by atoms with Crippen molar-refractivity contribution in [3.63, 3.8) is 0 Å². The molecule has 2 atom stereocenters. The van der Waals surface area contributed by atoms with Crippen LogP contribution in [0.15, 0.2) is 12.3 Å². The van der Waals surface area contributed by atoms with Crippen LogP contribution >= 0.6 is 11.6 Å². The second kappa shape index (κ2) is 5.54. The third-order valence-corrected chi connectivity index (χ3v) is 3.72. The van der Waals surface area contributed by atoms with Crippen molar-refractivity contribution in [2.75, 3.05) is 11.9 Å². The summed E-state index contributed by atoms with van der Waals surface area (Å²) in [5.74, 6) is -0.520. The summed E-state index contributed by atoms with van der Waals surface area (Å²) in [7, 11) is 0. The molecule has 0 saturated heterocycles. The minimum atomic E-state index is -1.07. The number of anilines is 1. The Balaban J connectivity index is 2.19. The first-order valence-corrected chi connectivity index (χ1v) is 6.26. The normalized spacial score (nSPS) is 23.0. The maximum Gasteiger partial charge on any atom is 0.337 e. The number of aromatic carboxylic acids is 1. The minimum Gasteiger partial charge on any atom is -0.478 e. The Labute approximate surface area is 110 Å². The zero-order chi connectivity index (χ0) is 13.1. The van der Waals surface area contributed by atoms with Gasteiger partial charge in [0.2, 0.25) is 0 Å². The molecule has 98 valence electrons. The van der Waals surface area contributed by atoms with E-state index in [1.54, 1.807) is 0 Å². The number of carbonyl (C=O) groups is 1. The summed E-state index contributed by atoms with van der Waals surface area (Å²) in [5, 5.41) is 21.5.